The summed E-state index contributed by atoms with van der Waals surface area (Å²) >= 11 is 0. The second kappa shape index (κ2) is 24.0. The number of aliphatic hydroxyl groups is 1. The van der Waals surface area contributed by atoms with E-state index in [1.54, 1.807) is 0 Å². The van der Waals surface area contributed by atoms with Gasteiger partial charge in [0.1, 0.15) is 11.7 Å². The van der Waals surface area contributed by atoms with Crippen LogP contribution in [-0.2, 0) is 33.6 Å². The Morgan fingerprint density at radius 3 is 1.31 bits per heavy atom. The predicted octanol–water partition coefficient (Wildman–Crippen LogP) is -9.62. The number of aromatic carboxylic acids is 1. The maximum absolute atomic E-state index is 13.9. The number of carboxylic acids is 1. The molecule has 7 amide bonds. The molecule has 0 saturated heterocycles. The lowest BCUT2D eigenvalue weighted by Crippen LogP contribution is -2.69. The van der Waals surface area contributed by atoms with Gasteiger partial charge in [-0.2, -0.15) is 0 Å². The molecule has 0 aliphatic heterocycles. The van der Waals surface area contributed by atoms with Gasteiger partial charge in [-0.1, -0.05) is 30.3 Å². The Kier molecular flexibility index (Phi) is 19.1. The van der Waals surface area contributed by atoms with E-state index < -0.39 is 147 Å². The van der Waals surface area contributed by atoms with Gasteiger partial charge in [-0.3, -0.25) is 75.4 Å². The Morgan fingerprint density at radius 1 is 0.559 bits per heavy atom. The maximum atomic E-state index is 13.9. The van der Waals surface area contributed by atoms with E-state index in [9.17, 15) is 68.8 Å². The quantitative estimate of drug-likeness (QED) is 0.0162. The zero-order valence-corrected chi connectivity index (χ0v) is 34.2. The number of nitro groups is 2. The second-order valence-corrected chi connectivity index (χ2v) is 13.0. The normalized spacial score (nSPS) is 13.4. The third-order valence-corrected chi connectivity index (χ3v) is 7.95. The van der Waals surface area contributed by atoms with Crippen molar-refractivity contribution < 1.29 is 58.4 Å². The molecule has 2 rings (SSSR count). The minimum Gasteiger partial charge on any atom is -0.478 e. The molecule has 37 nitrogen and oxygen atoms in total. The zero-order valence-electron chi connectivity index (χ0n) is 34.2. The van der Waals surface area contributed by atoms with Gasteiger partial charge in [0.25, 0.3) is 46.8 Å². The van der Waals surface area contributed by atoms with E-state index in [4.69, 9.17) is 56.0 Å². The Labute approximate surface area is 377 Å². The van der Waals surface area contributed by atoms with Gasteiger partial charge in [0.15, 0.2) is 54.7 Å². The van der Waals surface area contributed by atoms with Crippen molar-refractivity contribution in [3.8, 4) is 0 Å². The van der Waals surface area contributed by atoms with Gasteiger partial charge >= 0.3 is 5.97 Å². The molecule has 0 aliphatic carbocycles. The molecule has 0 spiro atoms. The first-order chi connectivity index (χ1) is 31.6. The number of rotatable bonds is 23. The fraction of sp³-hybridized carbons (Fsp3) is 0.226. The number of benzene rings is 2. The molecule has 7 unspecified atom stereocenters. The minimum absolute atomic E-state index is 0.105. The summed E-state index contributed by atoms with van der Waals surface area (Å²) in [7, 11) is 0. The number of hydrogen-bond donors (Lipinski definition) is 23. The van der Waals surface area contributed by atoms with Crippen LogP contribution in [-0.4, -0.2) is 128 Å². The number of anilines is 1. The Morgan fingerprint density at radius 2 is 0.956 bits per heavy atom. The van der Waals surface area contributed by atoms with Gasteiger partial charge in [-0.25, -0.2) is 4.79 Å². The van der Waals surface area contributed by atoms with E-state index >= 15 is 0 Å². The van der Waals surface area contributed by atoms with Crippen LogP contribution in [0.1, 0.15) is 22.0 Å². The molecule has 2 aromatic carbocycles. The van der Waals surface area contributed by atoms with Crippen LogP contribution in [0.2, 0.25) is 0 Å². The monoisotopic (exact) mass is 961 g/mol. The maximum Gasteiger partial charge on any atom is 0.338 e. The van der Waals surface area contributed by atoms with E-state index in [0.717, 1.165) is 0 Å². The summed E-state index contributed by atoms with van der Waals surface area (Å²) in [6, 6.07) is 5.42. The lowest BCUT2D eigenvalue weighted by molar-refractivity contribution is -0.393. The Bertz CT molecular complexity index is 2350. The van der Waals surface area contributed by atoms with Crippen molar-refractivity contribution >= 4 is 88.2 Å². The molecule has 0 heterocycles. The molecule has 7 atom stereocenters. The van der Waals surface area contributed by atoms with Gasteiger partial charge in [0.2, 0.25) is 12.1 Å². The lowest BCUT2D eigenvalue weighted by Gasteiger charge is -2.28. The average Bonchev–Trinajstić information content (AvgIpc) is 3.23. The molecule has 0 bridgehead atoms. The molecule has 0 radical (unpaired) electrons. The highest BCUT2D eigenvalue weighted by molar-refractivity contribution is 6.01. The Balaban J connectivity index is 2.46. The molecule has 0 aromatic heterocycles. The minimum atomic E-state index is -2.64. The first-order valence-electron chi connectivity index (χ1n) is 18.1. The van der Waals surface area contributed by atoms with Crippen LogP contribution in [0.15, 0.2) is 42.5 Å². The van der Waals surface area contributed by atoms with Gasteiger partial charge in [-0.05, 0) is 5.56 Å². The molecular formula is C31H43N23O14. The van der Waals surface area contributed by atoms with Gasteiger partial charge < -0.3 is 103 Å². The van der Waals surface area contributed by atoms with Crippen molar-refractivity contribution in [1.82, 2.24) is 53.2 Å². The number of nitrogens with zero attached hydrogens (tertiary/aromatic N) is 2. The van der Waals surface area contributed by atoms with E-state index in [1.807, 2.05) is 47.9 Å². The summed E-state index contributed by atoms with van der Waals surface area (Å²) in [6.45, 7) is 0. The highest BCUT2D eigenvalue weighted by atomic mass is 16.6. The third-order valence-electron chi connectivity index (χ3n) is 7.95. The molecule has 366 valence electrons. The zero-order chi connectivity index (χ0) is 51.7. The number of hydrogen-bond acceptors (Lipinski definition) is 19. The third kappa shape index (κ3) is 16.2. The molecule has 0 aliphatic rings. The van der Waals surface area contributed by atoms with Crippen molar-refractivity contribution in [3.05, 3.63) is 73.8 Å². The average molecular weight is 962 g/mol. The first kappa shape index (κ1) is 53.9. The largest absolute Gasteiger partial charge is 0.478 e. The standard InChI is InChI=1S/C31H43N23O14/c32-14(15(33)55)44-21(57)16(49-28(34)35)46-23(59)18(51-30(38)39)48-24(60)19(52-31(40)41)47-22(58)17(50-29(36)37)45-20(56)12(8-4-2-1-3-5-8)42-25(61)26(62)43-13-10(27(63)64)6-9(53(65)66)7-11(13)54(67)68/h1-7,12,14,16-19,26,43,62H,32H2,(H2,33,55)(H,42,61)(H,44,57)(H,45,56)(H,46,59)(H,47,58)(H,48,60)(H,63,64)(H4,34,35,49)(H4,36,37,50)(H4,38,39,51)(H4,40,41,52). The number of nitro benzene ring substituents is 2. The fourth-order valence-corrected chi connectivity index (χ4v) is 5.05. The number of primary amides is 1. The number of aliphatic hydroxyl groups excluding tert-OH is 1. The molecule has 37 heteroatoms. The number of amides is 7. The van der Waals surface area contributed by atoms with Crippen LogP contribution in [0.5, 0.6) is 0 Å². The van der Waals surface area contributed by atoms with Crippen molar-refractivity contribution in [3.63, 3.8) is 0 Å². The van der Waals surface area contributed by atoms with Crippen LogP contribution in [0.25, 0.3) is 0 Å². The van der Waals surface area contributed by atoms with E-state index in [-0.39, 0.29) is 5.56 Å². The first-order valence-corrected chi connectivity index (χ1v) is 18.1. The van der Waals surface area contributed by atoms with E-state index in [2.05, 4.69) is 10.6 Å². The van der Waals surface area contributed by atoms with Gasteiger partial charge in [0, 0.05) is 6.07 Å². The van der Waals surface area contributed by atoms with Crippen LogP contribution < -0.4 is 92.9 Å². The summed E-state index contributed by atoms with van der Waals surface area (Å²) in [5, 5.41) is 95.4. The summed E-state index contributed by atoms with van der Waals surface area (Å²) < 4.78 is 0. The summed E-state index contributed by atoms with van der Waals surface area (Å²) in [6.07, 6.45) is -13.1. The number of carboxylic acid groups (broad SMARTS) is 1. The smallest absolute Gasteiger partial charge is 0.338 e. The number of guanidine groups is 4. The van der Waals surface area contributed by atoms with Crippen molar-refractivity contribution in [2.75, 3.05) is 5.32 Å². The van der Waals surface area contributed by atoms with Crippen LogP contribution in [0.3, 0.4) is 0 Å². The molecular weight excluding hydrogens is 918 g/mol. The van der Waals surface area contributed by atoms with Crippen molar-refractivity contribution in [2.24, 2.45) is 34.4 Å². The van der Waals surface area contributed by atoms with Crippen molar-refractivity contribution in [2.45, 2.75) is 43.1 Å². The molecule has 68 heavy (non-hydrogen) atoms. The van der Waals surface area contributed by atoms with E-state index in [1.165, 1.54) is 30.3 Å². The SMILES string of the molecule is N=C(N)NC(NC(=O)C(NC(=N)N)NC(=O)C(NC(=N)N)NC(=O)C(NC(=N)N)NC(=O)C(NC(=O)C(O)Nc1c(C(=O)O)cc([N+](=O)[O-])cc1[N+](=O)[O-])c1ccccc1)C(=O)NC(N)C(N)=O. The van der Waals surface area contributed by atoms with Gasteiger partial charge in [-0.15, -0.1) is 0 Å². The van der Waals surface area contributed by atoms with Gasteiger partial charge in [0.05, 0.1) is 21.5 Å². The van der Waals surface area contributed by atoms with E-state index in [0.29, 0.717) is 12.1 Å². The molecule has 0 fully saturated rings. The van der Waals surface area contributed by atoms with Crippen molar-refractivity contribution in [1.29, 1.82) is 21.6 Å². The van der Waals surface area contributed by atoms with Crippen LogP contribution >= 0.6 is 0 Å². The number of carbonyl (C=O) groups is 8. The summed E-state index contributed by atoms with van der Waals surface area (Å²) in [4.78, 5) is 124. The van der Waals surface area contributed by atoms with Crippen LogP contribution in [0, 0.1) is 41.9 Å². The van der Waals surface area contributed by atoms with Crippen LogP contribution in [0.4, 0.5) is 17.1 Å². The number of carbonyl (C=O) groups excluding carboxylic acids is 7. The highest BCUT2D eigenvalue weighted by Crippen LogP contribution is 2.34. The summed E-state index contributed by atoms with van der Waals surface area (Å²) in [5.74, 6) is -16.0. The molecule has 0 saturated carbocycles. The second-order valence-electron chi connectivity index (χ2n) is 13.0. The number of non-ortho nitro benzene ring substituents is 1. The topological polar surface area (TPSA) is 647 Å². The molecule has 29 N–H and O–H groups in total. The number of nitrogens with one attached hydrogen (secondary N) is 15. The fourth-order valence-electron chi connectivity index (χ4n) is 5.05. The molecule has 2 aromatic rings. The highest BCUT2D eigenvalue weighted by Gasteiger charge is 2.36. The lowest BCUT2D eigenvalue weighted by atomic mass is 10.1. The Hall–Kier alpha value is -10.2. The summed E-state index contributed by atoms with van der Waals surface area (Å²) in [5.41, 5.74) is 27.2. The predicted molar refractivity (Wildman–Crippen MR) is 227 cm³/mol. The number of nitrogens with two attached hydrogens (primary N) is 6.